The first-order chi connectivity index (χ1) is 9.74. The Hall–Kier alpha value is -2.81. The predicted octanol–water partition coefficient (Wildman–Crippen LogP) is 3.92. The molecule has 0 aliphatic carbocycles. The molecule has 0 saturated carbocycles. The highest BCUT2D eigenvalue weighted by Gasteiger charge is 2.07. The molecule has 0 radical (unpaired) electrons. The van der Waals surface area contributed by atoms with Crippen molar-refractivity contribution in [3.8, 4) is 11.5 Å². The zero-order valence-corrected chi connectivity index (χ0v) is 10.8. The molecule has 0 bridgehead atoms. The molecule has 3 rings (SSSR count). The quantitative estimate of drug-likeness (QED) is 0.555. The van der Waals surface area contributed by atoms with Crippen LogP contribution in [-0.4, -0.2) is 5.84 Å². The summed E-state index contributed by atoms with van der Waals surface area (Å²) in [5, 5.41) is 9.85. The monoisotopic (exact) mass is 262 g/mol. The summed E-state index contributed by atoms with van der Waals surface area (Å²) in [7, 11) is 0. The number of amidine groups is 1. The zero-order valence-electron chi connectivity index (χ0n) is 10.8. The van der Waals surface area contributed by atoms with Crippen LogP contribution < -0.4 is 10.5 Å². The topological polar surface area (TPSA) is 59.1 Å². The zero-order chi connectivity index (χ0) is 13.9. The van der Waals surface area contributed by atoms with Crippen LogP contribution in [-0.2, 0) is 0 Å². The second-order valence-electron chi connectivity index (χ2n) is 4.52. The van der Waals surface area contributed by atoms with E-state index in [0.717, 1.165) is 11.1 Å². The number of nitrogens with one attached hydrogen (secondary N) is 1. The van der Waals surface area contributed by atoms with Gasteiger partial charge in [0.05, 0.1) is 5.56 Å². The molecule has 0 amide bonds. The van der Waals surface area contributed by atoms with Crippen molar-refractivity contribution in [2.75, 3.05) is 0 Å². The fourth-order valence-corrected chi connectivity index (χ4v) is 2.14. The first-order valence-corrected chi connectivity index (χ1v) is 6.34. The van der Waals surface area contributed by atoms with Gasteiger partial charge in [-0.2, -0.15) is 0 Å². The van der Waals surface area contributed by atoms with Crippen molar-refractivity contribution in [3.05, 3.63) is 72.3 Å². The van der Waals surface area contributed by atoms with Crippen LogP contribution in [0.1, 0.15) is 5.56 Å². The second-order valence-corrected chi connectivity index (χ2v) is 4.52. The molecule has 0 fully saturated rings. The first kappa shape index (κ1) is 12.2. The van der Waals surface area contributed by atoms with Gasteiger partial charge in [-0.15, -0.1) is 0 Å². The average molecular weight is 262 g/mol. The van der Waals surface area contributed by atoms with Crippen LogP contribution in [0.15, 0.2) is 66.7 Å². The van der Waals surface area contributed by atoms with Crippen LogP contribution in [0.4, 0.5) is 0 Å². The highest BCUT2D eigenvalue weighted by molar-refractivity contribution is 5.97. The highest BCUT2D eigenvalue weighted by atomic mass is 16.5. The van der Waals surface area contributed by atoms with Gasteiger partial charge in [0.1, 0.15) is 17.3 Å². The van der Waals surface area contributed by atoms with Gasteiger partial charge in [-0.25, -0.2) is 0 Å². The smallest absolute Gasteiger partial charge is 0.138 e. The number of nitrogen functional groups attached to an aromatic ring is 1. The van der Waals surface area contributed by atoms with Crippen LogP contribution >= 0.6 is 0 Å². The van der Waals surface area contributed by atoms with Crippen molar-refractivity contribution in [2.24, 2.45) is 5.73 Å². The molecular weight excluding hydrogens is 248 g/mol. The molecular formula is C17H14N2O. The van der Waals surface area contributed by atoms with E-state index in [1.165, 1.54) is 5.39 Å². The largest absolute Gasteiger partial charge is 0.457 e. The van der Waals surface area contributed by atoms with Gasteiger partial charge in [0.15, 0.2) is 0 Å². The molecule has 3 nitrogen and oxygen atoms in total. The third-order valence-electron chi connectivity index (χ3n) is 3.13. The number of rotatable bonds is 3. The van der Waals surface area contributed by atoms with E-state index >= 15 is 0 Å². The van der Waals surface area contributed by atoms with E-state index in [1.54, 1.807) is 6.07 Å². The fraction of sp³-hybridized carbons (Fsp3) is 0. The molecule has 3 heteroatoms. The Bertz CT molecular complexity index is 781. The number of hydrogen-bond donors (Lipinski definition) is 2. The molecule has 0 aliphatic rings. The van der Waals surface area contributed by atoms with Gasteiger partial charge in [0, 0.05) is 0 Å². The number of ether oxygens (including phenoxy) is 1. The van der Waals surface area contributed by atoms with Gasteiger partial charge in [-0.3, -0.25) is 5.41 Å². The van der Waals surface area contributed by atoms with Gasteiger partial charge in [-0.1, -0.05) is 42.5 Å². The molecule has 0 heterocycles. The highest BCUT2D eigenvalue weighted by Crippen LogP contribution is 2.27. The van der Waals surface area contributed by atoms with Crippen LogP contribution in [0.3, 0.4) is 0 Å². The minimum Gasteiger partial charge on any atom is -0.457 e. The van der Waals surface area contributed by atoms with Crippen LogP contribution in [0, 0.1) is 5.41 Å². The molecule has 3 N–H and O–H groups in total. The van der Waals surface area contributed by atoms with Gasteiger partial charge in [0.2, 0.25) is 0 Å². The number of benzene rings is 3. The summed E-state index contributed by atoms with van der Waals surface area (Å²) >= 11 is 0. The lowest BCUT2D eigenvalue weighted by molar-refractivity contribution is 0.482. The summed E-state index contributed by atoms with van der Waals surface area (Å²) in [6.07, 6.45) is 0. The number of para-hydroxylation sites is 1. The lowest BCUT2D eigenvalue weighted by atomic mass is 10.1. The van der Waals surface area contributed by atoms with Gasteiger partial charge in [0.25, 0.3) is 0 Å². The molecule has 0 aromatic heterocycles. The van der Waals surface area contributed by atoms with Crippen molar-refractivity contribution < 1.29 is 4.74 Å². The third-order valence-corrected chi connectivity index (χ3v) is 3.13. The van der Waals surface area contributed by atoms with Gasteiger partial charge in [-0.05, 0) is 35.0 Å². The standard InChI is InChI=1S/C17H14N2O/c18-17(19)15-7-3-4-8-16(15)20-14-10-9-12-5-1-2-6-13(12)11-14/h1-11H,(H3,18,19). The van der Waals surface area contributed by atoms with Crippen molar-refractivity contribution in [2.45, 2.75) is 0 Å². The Morgan fingerprint density at radius 2 is 1.55 bits per heavy atom. The summed E-state index contributed by atoms with van der Waals surface area (Å²) < 4.78 is 5.86. The summed E-state index contributed by atoms with van der Waals surface area (Å²) in [5.74, 6) is 1.33. The molecule has 0 aliphatic heterocycles. The predicted molar refractivity (Wildman–Crippen MR) is 81.5 cm³/mol. The van der Waals surface area contributed by atoms with E-state index in [1.807, 2.05) is 54.6 Å². The molecule has 0 spiro atoms. The summed E-state index contributed by atoms with van der Waals surface area (Å²) in [6.45, 7) is 0. The van der Waals surface area contributed by atoms with Crippen molar-refractivity contribution in [1.82, 2.24) is 0 Å². The van der Waals surface area contributed by atoms with E-state index in [0.29, 0.717) is 11.3 Å². The van der Waals surface area contributed by atoms with Gasteiger partial charge >= 0.3 is 0 Å². The molecule has 3 aromatic rings. The van der Waals surface area contributed by atoms with Crippen molar-refractivity contribution in [3.63, 3.8) is 0 Å². The fourth-order valence-electron chi connectivity index (χ4n) is 2.14. The first-order valence-electron chi connectivity index (χ1n) is 6.34. The van der Waals surface area contributed by atoms with E-state index in [2.05, 4.69) is 6.07 Å². The third kappa shape index (κ3) is 2.34. The van der Waals surface area contributed by atoms with Crippen LogP contribution in [0.25, 0.3) is 10.8 Å². The minimum absolute atomic E-state index is 0.00129. The summed E-state index contributed by atoms with van der Waals surface area (Å²) in [6, 6.07) is 21.3. The summed E-state index contributed by atoms with van der Waals surface area (Å²) in [4.78, 5) is 0. The van der Waals surface area contributed by atoms with Crippen LogP contribution in [0.2, 0.25) is 0 Å². The van der Waals surface area contributed by atoms with Crippen molar-refractivity contribution >= 4 is 16.6 Å². The Labute approximate surface area is 117 Å². The second kappa shape index (κ2) is 5.05. The van der Waals surface area contributed by atoms with E-state index in [9.17, 15) is 0 Å². The molecule has 0 unspecified atom stereocenters. The molecule has 0 saturated heterocycles. The van der Waals surface area contributed by atoms with E-state index in [-0.39, 0.29) is 5.84 Å². The van der Waals surface area contributed by atoms with E-state index < -0.39 is 0 Å². The van der Waals surface area contributed by atoms with Crippen LogP contribution in [0.5, 0.6) is 11.5 Å². The minimum atomic E-state index is 0.00129. The Morgan fingerprint density at radius 1 is 0.850 bits per heavy atom. The normalized spacial score (nSPS) is 10.4. The van der Waals surface area contributed by atoms with E-state index in [4.69, 9.17) is 15.9 Å². The van der Waals surface area contributed by atoms with Gasteiger partial charge < -0.3 is 10.5 Å². The Morgan fingerprint density at radius 3 is 2.35 bits per heavy atom. The maximum Gasteiger partial charge on any atom is 0.138 e. The molecule has 3 aromatic carbocycles. The number of nitrogens with two attached hydrogens (primary N) is 1. The summed E-state index contributed by atoms with van der Waals surface area (Å²) in [5.41, 5.74) is 6.16. The molecule has 0 atom stereocenters. The molecule has 20 heavy (non-hydrogen) atoms. The molecule has 98 valence electrons. The lowest BCUT2D eigenvalue weighted by Gasteiger charge is -2.10. The van der Waals surface area contributed by atoms with Crippen molar-refractivity contribution in [1.29, 1.82) is 5.41 Å². The Kier molecular flexibility index (Phi) is 3.09. The average Bonchev–Trinajstić information content (AvgIpc) is 2.47. The maximum absolute atomic E-state index is 7.57. The lowest BCUT2D eigenvalue weighted by Crippen LogP contribution is -2.12. The Balaban J connectivity index is 1.99. The SMILES string of the molecule is N=C(N)c1ccccc1Oc1ccc2ccccc2c1. The number of hydrogen-bond acceptors (Lipinski definition) is 2. The maximum atomic E-state index is 7.57. The number of fused-ring (bicyclic) bond motifs is 1.